The third kappa shape index (κ3) is 5.30. The highest BCUT2D eigenvalue weighted by Crippen LogP contribution is 2.30. The van der Waals surface area contributed by atoms with Gasteiger partial charge >= 0.3 is 0 Å². The van der Waals surface area contributed by atoms with Crippen LogP contribution in [0, 0.1) is 0 Å². The van der Waals surface area contributed by atoms with Crippen LogP contribution in [0.2, 0.25) is 0 Å². The summed E-state index contributed by atoms with van der Waals surface area (Å²) in [7, 11) is 4.71. The zero-order chi connectivity index (χ0) is 21.3. The average Bonchev–Trinajstić information content (AvgIpc) is 2.79. The maximum atomic E-state index is 12.8. The van der Waals surface area contributed by atoms with Gasteiger partial charge in [-0.15, -0.1) is 0 Å². The van der Waals surface area contributed by atoms with E-state index in [1.165, 1.54) is 0 Å². The molecule has 0 unspecified atom stereocenters. The highest BCUT2D eigenvalue weighted by atomic mass is 16.5. The Balaban J connectivity index is 1.74. The van der Waals surface area contributed by atoms with Crippen LogP contribution in [0.4, 0.5) is 5.69 Å². The fraction of sp³-hybridized carbons (Fsp3) is 0.208. The molecule has 0 heterocycles. The molecule has 0 atom stereocenters. The Morgan fingerprint density at radius 3 is 2.23 bits per heavy atom. The molecule has 0 fully saturated rings. The average molecular weight is 407 g/mol. The molecule has 1 N–H and O–H groups in total. The minimum Gasteiger partial charge on any atom is -0.497 e. The van der Waals surface area contributed by atoms with Crippen LogP contribution in [-0.4, -0.2) is 27.2 Å². The summed E-state index contributed by atoms with van der Waals surface area (Å²) in [5.74, 6) is 1.56. The summed E-state index contributed by atoms with van der Waals surface area (Å²) < 4.78 is 21.8. The Morgan fingerprint density at radius 2 is 1.53 bits per heavy atom. The normalized spacial score (nSPS) is 10.4. The van der Waals surface area contributed by atoms with E-state index in [0.29, 0.717) is 41.7 Å². The van der Waals surface area contributed by atoms with Gasteiger partial charge in [0.1, 0.15) is 17.2 Å². The molecular weight excluding hydrogens is 382 g/mol. The molecule has 1 amide bonds. The molecule has 0 aliphatic carbocycles. The van der Waals surface area contributed by atoms with Gasteiger partial charge in [0.25, 0.3) is 5.91 Å². The van der Waals surface area contributed by atoms with E-state index in [2.05, 4.69) is 5.32 Å². The molecule has 0 saturated heterocycles. The maximum Gasteiger partial charge on any atom is 0.255 e. The molecule has 0 aliphatic heterocycles. The summed E-state index contributed by atoms with van der Waals surface area (Å²) in [5.41, 5.74) is 2.88. The summed E-state index contributed by atoms with van der Waals surface area (Å²) in [6, 6.07) is 20.4. The number of amides is 1. The predicted octanol–water partition coefficient (Wildman–Crippen LogP) is 4.68. The van der Waals surface area contributed by atoms with Crippen molar-refractivity contribution in [2.75, 3.05) is 26.6 Å². The summed E-state index contributed by atoms with van der Waals surface area (Å²) in [4.78, 5) is 12.8. The number of rotatable bonds is 9. The van der Waals surface area contributed by atoms with E-state index in [1.54, 1.807) is 57.7 Å². The predicted molar refractivity (Wildman–Crippen MR) is 115 cm³/mol. The van der Waals surface area contributed by atoms with Crippen LogP contribution in [0.5, 0.6) is 17.2 Å². The summed E-state index contributed by atoms with van der Waals surface area (Å²) in [5, 5.41) is 2.87. The molecule has 0 aromatic heterocycles. The first kappa shape index (κ1) is 21.2. The van der Waals surface area contributed by atoms with E-state index < -0.39 is 0 Å². The number of carbonyl (C=O) groups excluding carboxylic acids is 1. The Morgan fingerprint density at radius 1 is 0.800 bits per heavy atom. The number of nitrogens with one attached hydrogen (secondary N) is 1. The van der Waals surface area contributed by atoms with Crippen molar-refractivity contribution in [3.63, 3.8) is 0 Å². The molecule has 3 aromatic carbocycles. The van der Waals surface area contributed by atoms with Crippen LogP contribution in [0.15, 0.2) is 66.7 Å². The van der Waals surface area contributed by atoms with E-state index in [4.69, 9.17) is 18.9 Å². The number of hydrogen-bond acceptors (Lipinski definition) is 5. The molecule has 6 nitrogen and oxygen atoms in total. The molecular formula is C24H25NO5. The first-order valence-electron chi connectivity index (χ1n) is 9.46. The van der Waals surface area contributed by atoms with Crippen LogP contribution in [-0.2, 0) is 18.0 Å². The third-order valence-corrected chi connectivity index (χ3v) is 4.57. The first-order chi connectivity index (χ1) is 14.6. The van der Waals surface area contributed by atoms with Crippen LogP contribution >= 0.6 is 0 Å². The van der Waals surface area contributed by atoms with Crippen molar-refractivity contribution in [3.8, 4) is 17.2 Å². The van der Waals surface area contributed by atoms with Crippen molar-refractivity contribution in [3.05, 3.63) is 83.4 Å². The van der Waals surface area contributed by atoms with E-state index in [1.807, 2.05) is 30.3 Å². The summed E-state index contributed by atoms with van der Waals surface area (Å²) in [6.07, 6.45) is 0. The van der Waals surface area contributed by atoms with Gasteiger partial charge in [-0.25, -0.2) is 0 Å². The van der Waals surface area contributed by atoms with E-state index in [-0.39, 0.29) is 5.91 Å². The monoisotopic (exact) mass is 407 g/mol. The van der Waals surface area contributed by atoms with E-state index in [0.717, 1.165) is 11.1 Å². The fourth-order valence-corrected chi connectivity index (χ4v) is 2.99. The molecule has 6 heteroatoms. The number of benzene rings is 3. The Hall–Kier alpha value is -3.51. The van der Waals surface area contributed by atoms with Crippen LogP contribution in [0.1, 0.15) is 21.5 Å². The fourth-order valence-electron chi connectivity index (χ4n) is 2.99. The SMILES string of the molecule is COc1ccc(OC)c(NC(=O)c2ccc(OC)c(COCc3ccccc3)c2)c1. The molecule has 3 aromatic rings. The zero-order valence-corrected chi connectivity index (χ0v) is 17.3. The first-order valence-corrected chi connectivity index (χ1v) is 9.46. The maximum absolute atomic E-state index is 12.8. The number of carbonyl (C=O) groups is 1. The lowest BCUT2D eigenvalue weighted by Gasteiger charge is -2.14. The van der Waals surface area contributed by atoms with Crippen molar-refractivity contribution in [2.45, 2.75) is 13.2 Å². The smallest absolute Gasteiger partial charge is 0.255 e. The molecule has 0 radical (unpaired) electrons. The second-order valence-corrected chi connectivity index (χ2v) is 6.53. The Labute approximate surface area is 176 Å². The van der Waals surface area contributed by atoms with Gasteiger partial charge in [-0.05, 0) is 35.9 Å². The third-order valence-electron chi connectivity index (χ3n) is 4.57. The molecule has 0 saturated carbocycles. The Kier molecular flexibility index (Phi) is 7.29. The van der Waals surface area contributed by atoms with E-state index in [9.17, 15) is 4.79 Å². The van der Waals surface area contributed by atoms with Crippen molar-refractivity contribution >= 4 is 11.6 Å². The lowest BCUT2D eigenvalue weighted by atomic mass is 10.1. The highest BCUT2D eigenvalue weighted by Gasteiger charge is 2.14. The second kappa shape index (κ2) is 10.3. The van der Waals surface area contributed by atoms with Crippen LogP contribution in [0.25, 0.3) is 0 Å². The van der Waals surface area contributed by atoms with Crippen LogP contribution < -0.4 is 19.5 Å². The zero-order valence-electron chi connectivity index (χ0n) is 17.3. The van der Waals surface area contributed by atoms with Gasteiger partial charge in [0.2, 0.25) is 0 Å². The quantitative estimate of drug-likeness (QED) is 0.558. The minimum absolute atomic E-state index is 0.270. The molecule has 0 aliphatic rings. The van der Waals surface area contributed by atoms with Crippen molar-refractivity contribution < 1.29 is 23.7 Å². The lowest BCUT2D eigenvalue weighted by molar-refractivity contribution is 0.102. The summed E-state index contributed by atoms with van der Waals surface area (Å²) in [6.45, 7) is 0.795. The number of anilines is 1. The second-order valence-electron chi connectivity index (χ2n) is 6.53. The molecule has 156 valence electrons. The van der Waals surface area contributed by atoms with Crippen molar-refractivity contribution in [2.24, 2.45) is 0 Å². The van der Waals surface area contributed by atoms with Gasteiger partial charge in [-0.3, -0.25) is 4.79 Å². The topological polar surface area (TPSA) is 66.0 Å². The lowest BCUT2D eigenvalue weighted by Crippen LogP contribution is -2.13. The van der Waals surface area contributed by atoms with Crippen LogP contribution in [0.3, 0.4) is 0 Å². The molecule has 0 spiro atoms. The van der Waals surface area contributed by atoms with Gasteiger partial charge in [0.15, 0.2) is 0 Å². The molecule has 3 rings (SSSR count). The van der Waals surface area contributed by atoms with Gasteiger partial charge < -0.3 is 24.3 Å². The van der Waals surface area contributed by atoms with Crippen molar-refractivity contribution in [1.82, 2.24) is 0 Å². The number of methoxy groups -OCH3 is 3. The van der Waals surface area contributed by atoms with Crippen molar-refractivity contribution in [1.29, 1.82) is 0 Å². The van der Waals surface area contributed by atoms with Gasteiger partial charge in [0.05, 0.1) is 40.2 Å². The number of ether oxygens (including phenoxy) is 4. The summed E-state index contributed by atoms with van der Waals surface area (Å²) >= 11 is 0. The number of hydrogen-bond donors (Lipinski definition) is 1. The largest absolute Gasteiger partial charge is 0.497 e. The molecule has 30 heavy (non-hydrogen) atoms. The van der Waals surface area contributed by atoms with Gasteiger partial charge in [0, 0.05) is 17.2 Å². The van der Waals surface area contributed by atoms with E-state index >= 15 is 0 Å². The minimum atomic E-state index is -0.270. The highest BCUT2D eigenvalue weighted by molar-refractivity contribution is 6.05. The van der Waals surface area contributed by atoms with Gasteiger partial charge in [-0.2, -0.15) is 0 Å². The standard InChI is InChI=1S/C24H25NO5/c1-27-20-10-12-23(29-3)21(14-20)25-24(26)18-9-11-22(28-2)19(13-18)16-30-15-17-7-5-4-6-8-17/h4-14H,15-16H2,1-3H3,(H,25,26). The van der Waals surface area contributed by atoms with Gasteiger partial charge in [-0.1, -0.05) is 30.3 Å². The Bertz CT molecular complexity index is 988. The molecule has 0 bridgehead atoms.